The first-order chi connectivity index (χ1) is 9.97. The van der Waals surface area contributed by atoms with Crippen LogP contribution in [0.25, 0.3) is 0 Å². The molecule has 1 aromatic carbocycles. The lowest BCUT2D eigenvalue weighted by molar-refractivity contribution is -0.0101. The number of halogens is 1. The molecule has 0 aromatic heterocycles. The molecule has 1 aliphatic rings. The van der Waals surface area contributed by atoms with Gasteiger partial charge in [0.25, 0.3) is 0 Å². The molecule has 0 aliphatic carbocycles. The number of nitrogens with one attached hydrogen (secondary N) is 1. The molecule has 0 fully saturated rings. The fourth-order valence-electron chi connectivity index (χ4n) is 2.74. The van der Waals surface area contributed by atoms with E-state index in [1.165, 1.54) is 11.1 Å². The van der Waals surface area contributed by atoms with Crippen molar-refractivity contribution in [2.75, 3.05) is 20.3 Å². The van der Waals surface area contributed by atoms with Gasteiger partial charge in [-0.1, -0.05) is 18.5 Å². The molecule has 21 heavy (non-hydrogen) atoms. The Hall–Kier alpha value is -0.770. The first kappa shape index (κ1) is 16.6. The third-order valence-electron chi connectivity index (χ3n) is 4.26. The topological polar surface area (TPSA) is 30.5 Å². The number of fused-ring (bicyclic) bond motifs is 1. The monoisotopic (exact) mass is 311 g/mol. The minimum absolute atomic E-state index is 0.217. The van der Waals surface area contributed by atoms with Crippen molar-refractivity contribution in [2.45, 2.75) is 51.7 Å². The summed E-state index contributed by atoms with van der Waals surface area (Å²) in [6, 6.07) is 4.26. The van der Waals surface area contributed by atoms with Gasteiger partial charge < -0.3 is 14.8 Å². The molecule has 0 saturated carbocycles. The van der Waals surface area contributed by atoms with E-state index >= 15 is 0 Å². The zero-order chi connectivity index (χ0) is 15.5. The summed E-state index contributed by atoms with van der Waals surface area (Å²) in [4.78, 5) is 0. The van der Waals surface area contributed by atoms with Gasteiger partial charge in [0.1, 0.15) is 5.75 Å². The van der Waals surface area contributed by atoms with Crippen molar-refractivity contribution < 1.29 is 9.47 Å². The molecular weight excluding hydrogens is 286 g/mol. The molecule has 1 N–H and O–H groups in total. The van der Waals surface area contributed by atoms with Crippen LogP contribution in [-0.4, -0.2) is 31.9 Å². The molecule has 1 aliphatic heterocycles. The number of hydrogen-bond donors (Lipinski definition) is 1. The normalized spacial score (nSPS) is 15.7. The fourth-order valence-corrected chi connectivity index (χ4v) is 3.01. The minimum atomic E-state index is -0.247. The Morgan fingerprint density at radius 1 is 1.43 bits per heavy atom. The van der Waals surface area contributed by atoms with Crippen molar-refractivity contribution in [1.82, 2.24) is 5.32 Å². The highest BCUT2D eigenvalue weighted by molar-refractivity contribution is 6.30. The summed E-state index contributed by atoms with van der Waals surface area (Å²) >= 11 is 6.26. The second-order valence-corrected chi connectivity index (χ2v) is 6.61. The molecule has 0 bridgehead atoms. The SMILES string of the molecule is CCCNC(Cc1cc(Cl)cc2c1OCC2)C(C)(C)OC. The number of rotatable bonds is 7. The maximum Gasteiger partial charge on any atom is 0.125 e. The van der Waals surface area contributed by atoms with E-state index in [1.54, 1.807) is 7.11 Å². The van der Waals surface area contributed by atoms with Crippen LogP contribution in [0, 0.1) is 0 Å². The van der Waals surface area contributed by atoms with Gasteiger partial charge in [-0.25, -0.2) is 0 Å². The number of hydrogen-bond acceptors (Lipinski definition) is 3. The van der Waals surface area contributed by atoms with E-state index in [0.29, 0.717) is 0 Å². The average Bonchev–Trinajstić information content (AvgIpc) is 2.91. The number of benzene rings is 1. The molecule has 1 aromatic rings. The summed E-state index contributed by atoms with van der Waals surface area (Å²) in [5.74, 6) is 1.02. The standard InChI is InChI=1S/C17H26ClNO2/c1-5-7-19-15(17(2,3)20-4)11-13-10-14(18)9-12-6-8-21-16(12)13/h9-10,15,19H,5-8,11H2,1-4H3. The molecule has 1 heterocycles. The zero-order valence-electron chi connectivity index (χ0n) is 13.5. The first-order valence-corrected chi connectivity index (χ1v) is 8.08. The summed E-state index contributed by atoms with van der Waals surface area (Å²) in [5, 5.41) is 4.39. The molecule has 0 spiro atoms. The largest absolute Gasteiger partial charge is 0.493 e. The Balaban J connectivity index is 2.24. The Morgan fingerprint density at radius 3 is 2.86 bits per heavy atom. The highest BCUT2D eigenvalue weighted by atomic mass is 35.5. The highest BCUT2D eigenvalue weighted by Gasteiger charge is 2.30. The summed E-state index contributed by atoms with van der Waals surface area (Å²) in [7, 11) is 1.76. The second kappa shape index (κ2) is 6.99. The third kappa shape index (κ3) is 3.91. The average molecular weight is 312 g/mol. The Morgan fingerprint density at radius 2 is 2.19 bits per heavy atom. The maximum absolute atomic E-state index is 6.26. The highest BCUT2D eigenvalue weighted by Crippen LogP contribution is 2.34. The zero-order valence-corrected chi connectivity index (χ0v) is 14.2. The van der Waals surface area contributed by atoms with Crippen molar-refractivity contribution in [1.29, 1.82) is 0 Å². The van der Waals surface area contributed by atoms with Crippen LogP contribution < -0.4 is 10.1 Å². The molecule has 3 nitrogen and oxygen atoms in total. The van der Waals surface area contributed by atoms with E-state index in [0.717, 1.165) is 43.2 Å². The van der Waals surface area contributed by atoms with E-state index in [1.807, 2.05) is 12.1 Å². The smallest absolute Gasteiger partial charge is 0.125 e. The molecule has 1 unspecified atom stereocenters. The Kier molecular flexibility index (Phi) is 5.53. The van der Waals surface area contributed by atoms with E-state index in [4.69, 9.17) is 21.1 Å². The Labute approximate surface area is 133 Å². The molecule has 4 heteroatoms. The second-order valence-electron chi connectivity index (χ2n) is 6.17. The molecule has 2 rings (SSSR count). The molecule has 0 saturated heterocycles. The van der Waals surface area contributed by atoms with Gasteiger partial charge >= 0.3 is 0 Å². The van der Waals surface area contributed by atoms with Crippen molar-refractivity contribution in [3.8, 4) is 5.75 Å². The van der Waals surface area contributed by atoms with Crippen LogP contribution >= 0.6 is 11.6 Å². The summed E-state index contributed by atoms with van der Waals surface area (Å²) < 4.78 is 11.5. The van der Waals surface area contributed by atoms with Gasteiger partial charge in [0.2, 0.25) is 0 Å². The fraction of sp³-hybridized carbons (Fsp3) is 0.647. The van der Waals surface area contributed by atoms with Gasteiger partial charge in [0.15, 0.2) is 0 Å². The van der Waals surface area contributed by atoms with Gasteiger partial charge in [-0.3, -0.25) is 0 Å². The van der Waals surface area contributed by atoms with Crippen LogP contribution in [0.3, 0.4) is 0 Å². The minimum Gasteiger partial charge on any atom is -0.493 e. The van der Waals surface area contributed by atoms with Crippen LogP contribution in [0.15, 0.2) is 12.1 Å². The van der Waals surface area contributed by atoms with Crippen LogP contribution in [0.2, 0.25) is 5.02 Å². The van der Waals surface area contributed by atoms with Gasteiger partial charge in [0.05, 0.1) is 12.2 Å². The summed E-state index contributed by atoms with van der Waals surface area (Å²) in [5.41, 5.74) is 2.15. The van der Waals surface area contributed by atoms with Gasteiger partial charge in [0, 0.05) is 24.6 Å². The number of ether oxygens (including phenoxy) is 2. The lowest BCUT2D eigenvalue weighted by atomic mass is 9.91. The quantitative estimate of drug-likeness (QED) is 0.834. The van der Waals surface area contributed by atoms with Crippen molar-refractivity contribution in [3.05, 3.63) is 28.3 Å². The van der Waals surface area contributed by atoms with E-state index < -0.39 is 0 Å². The number of methoxy groups -OCH3 is 1. The van der Waals surface area contributed by atoms with Crippen LogP contribution in [0.4, 0.5) is 0 Å². The lowest BCUT2D eigenvalue weighted by Gasteiger charge is -2.34. The molecule has 0 amide bonds. The molecular formula is C17H26ClNO2. The molecule has 0 radical (unpaired) electrons. The van der Waals surface area contributed by atoms with Crippen LogP contribution in [0.5, 0.6) is 5.75 Å². The van der Waals surface area contributed by atoms with Crippen molar-refractivity contribution in [2.24, 2.45) is 0 Å². The predicted molar refractivity (Wildman–Crippen MR) is 87.5 cm³/mol. The van der Waals surface area contributed by atoms with Crippen molar-refractivity contribution >= 4 is 11.6 Å². The van der Waals surface area contributed by atoms with E-state index in [2.05, 4.69) is 26.1 Å². The van der Waals surface area contributed by atoms with E-state index in [-0.39, 0.29) is 11.6 Å². The Bertz CT molecular complexity index is 488. The first-order valence-electron chi connectivity index (χ1n) is 7.70. The maximum atomic E-state index is 6.26. The van der Waals surface area contributed by atoms with Crippen molar-refractivity contribution in [3.63, 3.8) is 0 Å². The third-order valence-corrected chi connectivity index (χ3v) is 4.47. The van der Waals surface area contributed by atoms with E-state index in [9.17, 15) is 0 Å². The summed E-state index contributed by atoms with van der Waals surface area (Å²) in [6.45, 7) is 8.13. The van der Waals surface area contributed by atoms with Gasteiger partial charge in [-0.2, -0.15) is 0 Å². The van der Waals surface area contributed by atoms with Gasteiger partial charge in [-0.15, -0.1) is 0 Å². The van der Waals surface area contributed by atoms with Crippen LogP contribution in [0.1, 0.15) is 38.3 Å². The van der Waals surface area contributed by atoms with Gasteiger partial charge in [-0.05, 0) is 56.5 Å². The summed E-state index contributed by atoms with van der Waals surface area (Å²) in [6.07, 6.45) is 2.90. The molecule has 1 atom stereocenters. The molecule has 118 valence electrons. The van der Waals surface area contributed by atoms with Crippen LogP contribution in [-0.2, 0) is 17.6 Å². The lowest BCUT2D eigenvalue weighted by Crippen LogP contribution is -2.49. The predicted octanol–water partition coefficient (Wildman–Crippen LogP) is 3.61.